The maximum Gasteiger partial charge on any atom is 0.517 e. The first-order valence-corrected chi connectivity index (χ1v) is 10.1. The van der Waals surface area contributed by atoms with Gasteiger partial charge in [0.05, 0.1) is 12.3 Å². The van der Waals surface area contributed by atoms with Crippen molar-refractivity contribution in [3.8, 4) is 0 Å². The SMILES string of the molecule is CCOC(=O)N(c1ccccc1CN1CCC(C)CC1=O)S(=O)(=O)C(F)(F)F. The first kappa shape index (κ1) is 22.0. The zero-order valence-corrected chi connectivity index (χ0v) is 16.2. The molecule has 28 heavy (non-hydrogen) atoms. The highest BCUT2D eigenvalue weighted by Crippen LogP contribution is 2.34. The van der Waals surface area contributed by atoms with Gasteiger partial charge in [-0.2, -0.15) is 25.9 Å². The number of benzene rings is 1. The third-order valence-corrected chi connectivity index (χ3v) is 5.72. The minimum Gasteiger partial charge on any atom is -0.449 e. The van der Waals surface area contributed by atoms with Crippen LogP contribution in [0.2, 0.25) is 0 Å². The number of likely N-dealkylation sites (tertiary alicyclic amines) is 1. The summed E-state index contributed by atoms with van der Waals surface area (Å²) < 4.78 is 67.7. The zero-order chi connectivity index (χ0) is 21.1. The Kier molecular flexibility index (Phi) is 6.58. The Morgan fingerprint density at radius 3 is 2.54 bits per heavy atom. The molecule has 156 valence electrons. The first-order chi connectivity index (χ1) is 13.0. The molecule has 11 heteroatoms. The lowest BCUT2D eigenvalue weighted by Crippen LogP contribution is -2.46. The van der Waals surface area contributed by atoms with Crippen molar-refractivity contribution in [2.45, 2.75) is 38.7 Å². The van der Waals surface area contributed by atoms with Crippen LogP contribution in [0.5, 0.6) is 0 Å². The Labute approximate surface area is 161 Å². The minimum atomic E-state index is -6.04. The highest BCUT2D eigenvalue weighted by molar-refractivity contribution is 7.94. The van der Waals surface area contributed by atoms with Crippen LogP contribution in [0.3, 0.4) is 0 Å². The van der Waals surface area contributed by atoms with Crippen molar-refractivity contribution < 1.29 is 35.9 Å². The number of anilines is 1. The second kappa shape index (κ2) is 8.38. The lowest BCUT2D eigenvalue weighted by molar-refractivity contribution is -0.135. The van der Waals surface area contributed by atoms with Gasteiger partial charge in [-0.15, -0.1) is 0 Å². The topological polar surface area (TPSA) is 84.0 Å². The van der Waals surface area contributed by atoms with Crippen molar-refractivity contribution in [1.82, 2.24) is 4.90 Å². The highest BCUT2D eigenvalue weighted by atomic mass is 32.2. The van der Waals surface area contributed by atoms with Crippen LogP contribution in [0.15, 0.2) is 24.3 Å². The number of carbonyl (C=O) groups excluding carboxylic acids is 2. The number of hydrogen-bond acceptors (Lipinski definition) is 5. The number of halogens is 3. The molecule has 0 N–H and O–H groups in total. The molecule has 0 aliphatic carbocycles. The standard InChI is InChI=1S/C17H21F3N2O5S/c1-3-27-16(24)22(28(25,26)17(18,19)20)14-7-5-4-6-13(14)11-21-9-8-12(2)10-15(21)23/h4-7,12H,3,8-11H2,1-2H3. The Balaban J connectivity index is 2.48. The third kappa shape index (κ3) is 4.57. The van der Waals surface area contributed by atoms with Crippen LogP contribution < -0.4 is 4.31 Å². The van der Waals surface area contributed by atoms with E-state index in [4.69, 9.17) is 0 Å². The summed E-state index contributed by atoms with van der Waals surface area (Å²) in [7, 11) is -6.04. The van der Waals surface area contributed by atoms with Gasteiger partial charge in [0, 0.05) is 19.5 Å². The van der Waals surface area contributed by atoms with E-state index in [2.05, 4.69) is 4.74 Å². The molecular weight excluding hydrogens is 401 g/mol. The van der Waals surface area contributed by atoms with Crippen molar-refractivity contribution >= 4 is 27.7 Å². The van der Waals surface area contributed by atoms with Gasteiger partial charge in [-0.05, 0) is 30.9 Å². The Bertz CT molecular complexity index is 841. The van der Waals surface area contributed by atoms with Crippen LogP contribution >= 0.6 is 0 Å². The van der Waals surface area contributed by atoms with Gasteiger partial charge >= 0.3 is 21.6 Å². The molecule has 1 saturated heterocycles. The molecule has 1 unspecified atom stereocenters. The summed E-state index contributed by atoms with van der Waals surface area (Å²) in [6.45, 7) is 3.22. The molecule has 0 saturated carbocycles. The Morgan fingerprint density at radius 1 is 1.32 bits per heavy atom. The maximum atomic E-state index is 13.2. The van der Waals surface area contributed by atoms with Crippen molar-refractivity contribution in [3.63, 3.8) is 0 Å². The van der Waals surface area contributed by atoms with Crippen molar-refractivity contribution in [2.75, 3.05) is 17.5 Å². The van der Waals surface area contributed by atoms with Crippen LogP contribution in [0.1, 0.15) is 32.3 Å². The number of amides is 2. The number of piperidine rings is 1. The van der Waals surface area contributed by atoms with Gasteiger partial charge in [0.25, 0.3) is 0 Å². The van der Waals surface area contributed by atoms with Gasteiger partial charge in [0.1, 0.15) is 0 Å². The lowest BCUT2D eigenvalue weighted by Gasteiger charge is -2.32. The molecule has 0 aromatic heterocycles. The molecule has 7 nitrogen and oxygen atoms in total. The van der Waals surface area contributed by atoms with Crippen LogP contribution in [-0.2, 0) is 26.1 Å². The second-order valence-corrected chi connectivity index (χ2v) is 8.23. The number of sulfonamides is 1. The molecule has 1 aliphatic rings. The van der Waals surface area contributed by atoms with Crippen molar-refractivity contribution in [3.05, 3.63) is 29.8 Å². The zero-order valence-electron chi connectivity index (χ0n) is 15.4. The fourth-order valence-electron chi connectivity index (χ4n) is 2.86. The second-order valence-electron chi connectivity index (χ2n) is 6.46. The molecule has 1 fully saturated rings. The van der Waals surface area contributed by atoms with Gasteiger partial charge in [0.2, 0.25) is 5.91 Å². The first-order valence-electron chi connectivity index (χ1n) is 8.63. The Hall–Kier alpha value is -2.30. The minimum absolute atomic E-state index is 0.0891. The summed E-state index contributed by atoms with van der Waals surface area (Å²) in [5.41, 5.74) is -6.11. The monoisotopic (exact) mass is 422 g/mol. The molecule has 1 heterocycles. The summed E-state index contributed by atoms with van der Waals surface area (Å²) in [5.74, 6) is 0.00977. The Morgan fingerprint density at radius 2 is 1.96 bits per heavy atom. The molecule has 1 aromatic carbocycles. The average Bonchev–Trinajstić information content (AvgIpc) is 2.58. The number of hydrogen-bond donors (Lipinski definition) is 0. The van der Waals surface area contributed by atoms with Gasteiger partial charge in [-0.25, -0.2) is 4.79 Å². The highest BCUT2D eigenvalue weighted by Gasteiger charge is 2.53. The van der Waals surface area contributed by atoms with E-state index in [1.54, 1.807) is 0 Å². The molecule has 2 rings (SSSR count). The number of rotatable bonds is 5. The van der Waals surface area contributed by atoms with E-state index in [1.165, 1.54) is 30.0 Å². The van der Waals surface area contributed by atoms with E-state index in [0.717, 1.165) is 12.5 Å². The number of alkyl halides is 3. The summed E-state index contributed by atoms with van der Waals surface area (Å²) in [6.07, 6.45) is -0.646. The largest absolute Gasteiger partial charge is 0.517 e. The summed E-state index contributed by atoms with van der Waals surface area (Å²) in [5, 5.41) is 0. The van der Waals surface area contributed by atoms with Gasteiger partial charge in [-0.1, -0.05) is 25.1 Å². The van der Waals surface area contributed by atoms with Crippen LogP contribution in [0, 0.1) is 5.92 Å². The van der Waals surface area contributed by atoms with Crippen molar-refractivity contribution in [2.24, 2.45) is 5.92 Å². The predicted octanol–water partition coefficient (Wildman–Crippen LogP) is 3.26. The fourth-order valence-corrected chi connectivity index (χ4v) is 3.75. The van der Waals surface area contributed by atoms with E-state index in [9.17, 15) is 31.2 Å². The van der Waals surface area contributed by atoms with Gasteiger partial charge in [0.15, 0.2) is 0 Å². The van der Waals surface area contributed by atoms with E-state index in [1.807, 2.05) is 6.92 Å². The number of carbonyl (C=O) groups is 2. The van der Waals surface area contributed by atoms with E-state index < -0.39 is 27.3 Å². The smallest absolute Gasteiger partial charge is 0.449 e. The van der Waals surface area contributed by atoms with E-state index in [-0.39, 0.29) is 34.8 Å². The molecular formula is C17H21F3N2O5S. The maximum absolute atomic E-state index is 13.2. The van der Waals surface area contributed by atoms with E-state index >= 15 is 0 Å². The summed E-state index contributed by atoms with van der Waals surface area (Å²) >= 11 is 0. The molecule has 2 amide bonds. The number of para-hydroxylation sites is 1. The third-order valence-electron chi connectivity index (χ3n) is 4.31. The quantitative estimate of drug-likeness (QED) is 0.727. The lowest BCUT2D eigenvalue weighted by atomic mass is 9.98. The van der Waals surface area contributed by atoms with Gasteiger partial charge < -0.3 is 9.64 Å². The molecule has 1 aromatic rings. The van der Waals surface area contributed by atoms with Crippen LogP contribution in [-0.4, -0.2) is 44.0 Å². The molecule has 0 radical (unpaired) electrons. The molecule has 0 spiro atoms. The number of nitrogens with zero attached hydrogens (tertiary/aromatic N) is 2. The van der Waals surface area contributed by atoms with E-state index in [0.29, 0.717) is 13.0 Å². The van der Waals surface area contributed by atoms with Gasteiger partial charge in [-0.3, -0.25) is 4.79 Å². The number of ether oxygens (including phenoxy) is 1. The summed E-state index contributed by atoms with van der Waals surface area (Å²) in [4.78, 5) is 25.8. The molecule has 1 aliphatic heterocycles. The molecule has 0 bridgehead atoms. The van der Waals surface area contributed by atoms with Crippen LogP contribution in [0.25, 0.3) is 0 Å². The van der Waals surface area contributed by atoms with Crippen molar-refractivity contribution in [1.29, 1.82) is 0 Å². The molecule has 1 atom stereocenters. The predicted molar refractivity (Wildman–Crippen MR) is 94.7 cm³/mol. The average molecular weight is 422 g/mol. The van der Waals surface area contributed by atoms with Crippen LogP contribution in [0.4, 0.5) is 23.7 Å². The normalized spacial score (nSPS) is 18.1. The summed E-state index contributed by atoms with van der Waals surface area (Å²) in [6, 6.07) is 5.24. The fraction of sp³-hybridized carbons (Fsp3) is 0.529.